The van der Waals surface area contributed by atoms with Crippen LogP contribution in [0.2, 0.25) is 0 Å². The lowest BCUT2D eigenvalue weighted by molar-refractivity contribution is 0.719. The first-order chi connectivity index (χ1) is 13.2. The van der Waals surface area contributed by atoms with Crippen LogP contribution in [-0.2, 0) is 13.6 Å². The maximum absolute atomic E-state index is 6.13. The molecule has 3 aromatic heterocycles. The van der Waals surface area contributed by atoms with Gasteiger partial charge in [0.15, 0.2) is 5.82 Å². The number of rotatable bonds is 3. The molecule has 0 aliphatic rings. The largest absolute Gasteiger partial charge is 0.380 e. The Morgan fingerprint density at radius 1 is 1.00 bits per heavy atom. The average Bonchev–Trinajstić information content (AvgIpc) is 3.26. The van der Waals surface area contributed by atoms with Gasteiger partial charge in [-0.3, -0.25) is 14.3 Å². The fraction of sp³-hybridized carbons (Fsp3) is 0.0952. The van der Waals surface area contributed by atoms with Crippen molar-refractivity contribution in [3.05, 3.63) is 72.7 Å². The summed E-state index contributed by atoms with van der Waals surface area (Å²) < 4.78 is 3.71. The third-order valence-electron chi connectivity index (χ3n) is 4.85. The molecule has 2 aromatic carbocycles. The summed E-state index contributed by atoms with van der Waals surface area (Å²) in [6.07, 6.45) is 5.62. The molecule has 6 heteroatoms. The van der Waals surface area contributed by atoms with Crippen LogP contribution in [0.4, 0.5) is 5.82 Å². The van der Waals surface area contributed by atoms with E-state index in [9.17, 15) is 0 Å². The molecule has 0 amide bonds. The Morgan fingerprint density at radius 3 is 2.70 bits per heavy atom. The smallest absolute Gasteiger partial charge is 0.172 e. The number of nitrogen functional groups attached to an aromatic ring is 1. The molecule has 132 valence electrons. The number of aryl methyl sites for hydroxylation is 1. The van der Waals surface area contributed by atoms with E-state index in [-0.39, 0.29) is 0 Å². The first-order valence-corrected chi connectivity index (χ1v) is 8.77. The highest BCUT2D eigenvalue weighted by Crippen LogP contribution is 2.27. The third kappa shape index (κ3) is 2.62. The molecule has 27 heavy (non-hydrogen) atoms. The van der Waals surface area contributed by atoms with Crippen LogP contribution in [0, 0.1) is 0 Å². The summed E-state index contributed by atoms with van der Waals surface area (Å²) in [6, 6.07) is 16.8. The van der Waals surface area contributed by atoms with Gasteiger partial charge in [0, 0.05) is 30.6 Å². The summed E-state index contributed by atoms with van der Waals surface area (Å²) in [5.41, 5.74) is 11.0. The topological polar surface area (TPSA) is 74.6 Å². The average molecular weight is 354 g/mol. The van der Waals surface area contributed by atoms with E-state index < -0.39 is 0 Å². The number of hydrogen-bond acceptors (Lipinski definition) is 4. The molecule has 2 N–H and O–H groups in total. The van der Waals surface area contributed by atoms with Gasteiger partial charge in [0.2, 0.25) is 0 Å². The van der Waals surface area contributed by atoms with Gasteiger partial charge in [0.25, 0.3) is 0 Å². The first-order valence-electron chi connectivity index (χ1n) is 8.77. The van der Waals surface area contributed by atoms with Gasteiger partial charge >= 0.3 is 0 Å². The second-order valence-electron chi connectivity index (χ2n) is 6.68. The summed E-state index contributed by atoms with van der Waals surface area (Å²) in [6.45, 7) is 0.632. The molecule has 0 aliphatic heterocycles. The number of benzene rings is 2. The number of nitrogens with zero attached hydrogens (tertiary/aromatic N) is 5. The molecule has 0 aliphatic carbocycles. The molecular formula is C21H18N6. The zero-order chi connectivity index (χ0) is 18.4. The lowest BCUT2D eigenvalue weighted by Gasteiger charge is -2.08. The number of fused-ring (bicyclic) bond motifs is 2. The zero-order valence-corrected chi connectivity index (χ0v) is 14.9. The van der Waals surface area contributed by atoms with Crippen molar-refractivity contribution in [3.63, 3.8) is 0 Å². The van der Waals surface area contributed by atoms with Crippen molar-refractivity contribution in [1.29, 1.82) is 0 Å². The van der Waals surface area contributed by atoms with Gasteiger partial charge in [-0.15, -0.1) is 0 Å². The molecule has 0 saturated carbocycles. The summed E-state index contributed by atoms with van der Waals surface area (Å²) in [5.74, 6) is 0.447. The molecular weight excluding hydrogens is 336 g/mol. The Bertz CT molecular complexity index is 1280. The van der Waals surface area contributed by atoms with Crippen LogP contribution in [0.1, 0.15) is 5.56 Å². The molecule has 0 unspecified atom stereocenters. The molecule has 0 atom stereocenters. The highest BCUT2D eigenvalue weighted by Gasteiger charge is 2.13. The number of hydrogen-bond donors (Lipinski definition) is 1. The van der Waals surface area contributed by atoms with Crippen LogP contribution in [-0.4, -0.2) is 24.5 Å². The first kappa shape index (κ1) is 15.6. The van der Waals surface area contributed by atoms with Crippen molar-refractivity contribution in [2.75, 3.05) is 5.73 Å². The van der Waals surface area contributed by atoms with Crippen LogP contribution >= 0.6 is 0 Å². The minimum Gasteiger partial charge on any atom is -0.380 e. The maximum atomic E-state index is 6.13. The lowest BCUT2D eigenvalue weighted by Crippen LogP contribution is -2.03. The van der Waals surface area contributed by atoms with E-state index in [2.05, 4.69) is 63.7 Å². The third-order valence-corrected chi connectivity index (χ3v) is 4.85. The number of aromatic nitrogens is 5. The van der Waals surface area contributed by atoms with Gasteiger partial charge in [-0.2, -0.15) is 10.2 Å². The maximum Gasteiger partial charge on any atom is 0.172 e. The molecule has 5 aromatic rings. The molecule has 0 spiro atoms. The molecule has 0 radical (unpaired) electrons. The minimum atomic E-state index is 0.447. The Labute approximate surface area is 155 Å². The Morgan fingerprint density at radius 2 is 1.85 bits per heavy atom. The molecule has 0 saturated heterocycles. The second-order valence-corrected chi connectivity index (χ2v) is 6.68. The standard InChI is InChI=1S/C21H18N6/c1-26-12-17(11-24-26)16-9-19-20(23-10-16)21(22)25-27(19)13-15-7-4-6-14-5-2-3-8-18(14)15/h2-12H,13H2,1H3,(H2,22,25). The van der Waals surface area contributed by atoms with E-state index in [1.54, 1.807) is 4.68 Å². The zero-order valence-electron chi connectivity index (χ0n) is 14.9. The van der Waals surface area contributed by atoms with Gasteiger partial charge in [-0.05, 0) is 22.4 Å². The van der Waals surface area contributed by atoms with Gasteiger partial charge < -0.3 is 5.73 Å². The highest BCUT2D eigenvalue weighted by molar-refractivity contribution is 5.89. The van der Waals surface area contributed by atoms with Crippen molar-refractivity contribution in [3.8, 4) is 11.1 Å². The SMILES string of the molecule is Cn1cc(-c2cnc3c(N)nn(Cc4cccc5ccccc45)c3c2)cn1. The van der Waals surface area contributed by atoms with E-state index >= 15 is 0 Å². The number of anilines is 1. The molecule has 5 rings (SSSR count). The van der Waals surface area contributed by atoms with E-state index in [4.69, 9.17) is 5.73 Å². The van der Waals surface area contributed by atoms with E-state index in [0.717, 1.165) is 22.2 Å². The molecule has 6 nitrogen and oxygen atoms in total. The van der Waals surface area contributed by atoms with Gasteiger partial charge in [0.05, 0.1) is 18.3 Å². The van der Waals surface area contributed by atoms with Crippen molar-refractivity contribution < 1.29 is 0 Å². The van der Waals surface area contributed by atoms with Crippen molar-refractivity contribution in [2.24, 2.45) is 7.05 Å². The number of pyridine rings is 1. The molecule has 0 bridgehead atoms. The van der Waals surface area contributed by atoms with Gasteiger partial charge in [-0.1, -0.05) is 42.5 Å². The number of nitrogens with two attached hydrogens (primary N) is 1. The van der Waals surface area contributed by atoms with E-state index in [1.807, 2.05) is 30.3 Å². The van der Waals surface area contributed by atoms with Crippen LogP contribution in [0.25, 0.3) is 32.9 Å². The molecule has 3 heterocycles. The monoisotopic (exact) mass is 354 g/mol. The van der Waals surface area contributed by atoms with Gasteiger partial charge in [-0.25, -0.2) is 0 Å². The summed E-state index contributed by atoms with van der Waals surface area (Å²) in [7, 11) is 1.90. The van der Waals surface area contributed by atoms with E-state index in [0.29, 0.717) is 12.4 Å². The fourth-order valence-corrected chi connectivity index (χ4v) is 3.52. The normalized spacial score (nSPS) is 11.4. The minimum absolute atomic E-state index is 0.447. The summed E-state index contributed by atoms with van der Waals surface area (Å²) in [4.78, 5) is 4.55. The van der Waals surface area contributed by atoms with Crippen molar-refractivity contribution >= 4 is 27.6 Å². The van der Waals surface area contributed by atoms with Crippen molar-refractivity contribution in [2.45, 2.75) is 6.54 Å². The Balaban J connectivity index is 1.64. The van der Waals surface area contributed by atoms with Crippen LogP contribution in [0.3, 0.4) is 0 Å². The predicted octanol–water partition coefficient (Wildman–Crippen LogP) is 3.62. The summed E-state index contributed by atoms with van der Waals surface area (Å²) in [5, 5.41) is 11.2. The Kier molecular flexibility index (Phi) is 3.43. The predicted molar refractivity (Wildman–Crippen MR) is 107 cm³/mol. The second kappa shape index (κ2) is 5.95. The quantitative estimate of drug-likeness (QED) is 0.537. The highest BCUT2D eigenvalue weighted by atomic mass is 15.3. The van der Waals surface area contributed by atoms with Gasteiger partial charge in [0.1, 0.15) is 5.52 Å². The van der Waals surface area contributed by atoms with Crippen LogP contribution in [0.5, 0.6) is 0 Å². The Hall–Kier alpha value is -3.67. The fourth-order valence-electron chi connectivity index (χ4n) is 3.52. The molecule has 0 fully saturated rings. The van der Waals surface area contributed by atoms with Crippen LogP contribution in [0.15, 0.2) is 67.1 Å². The van der Waals surface area contributed by atoms with Crippen molar-refractivity contribution in [1.82, 2.24) is 24.5 Å². The summed E-state index contributed by atoms with van der Waals surface area (Å²) >= 11 is 0. The lowest BCUT2D eigenvalue weighted by atomic mass is 10.0. The van der Waals surface area contributed by atoms with E-state index in [1.165, 1.54) is 16.3 Å². The van der Waals surface area contributed by atoms with Crippen LogP contribution < -0.4 is 5.73 Å².